The number of carbonyl (C=O) groups is 1. The monoisotopic (exact) mass is 234 g/mol. The molecule has 0 aromatic carbocycles. The molecule has 15 heavy (non-hydrogen) atoms. The Morgan fingerprint density at radius 1 is 1.33 bits per heavy atom. The molecule has 1 N–H and O–H groups in total. The third kappa shape index (κ3) is 4.36. The predicted octanol–water partition coefficient (Wildman–Crippen LogP) is 0.706. The van der Waals surface area contributed by atoms with Crippen LogP contribution in [0.3, 0.4) is 0 Å². The molecule has 88 valence electrons. The fraction of sp³-hybridized carbons (Fsp3) is 0.900. The number of piperazine rings is 1. The van der Waals surface area contributed by atoms with Gasteiger partial charge in [0.15, 0.2) is 0 Å². The van der Waals surface area contributed by atoms with Gasteiger partial charge in [0, 0.05) is 32.7 Å². The second-order valence-electron chi connectivity index (χ2n) is 3.95. The summed E-state index contributed by atoms with van der Waals surface area (Å²) in [4.78, 5) is 15.1. The highest BCUT2D eigenvalue weighted by atomic mass is 35.5. The minimum atomic E-state index is -0.923. The van der Waals surface area contributed by atoms with Crippen LogP contribution < -0.4 is 0 Å². The van der Waals surface area contributed by atoms with Crippen molar-refractivity contribution < 1.29 is 9.90 Å². The van der Waals surface area contributed by atoms with Gasteiger partial charge in [-0.05, 0) is 13.0 Å². The molecule has 1 fully saturated rings. The summed E-state index contributed by atoms with van der Waals surface area (Å²) >= 11 is 5.69. The van der Waals surface area contributed by atoms with E-state index in [9.17, 15) is 4.79 Å². The van der Waals surface area contributed by atoms with Gasteiger partial charge in [-0.25, -0.2) is 0 Å². The average molecular weight is 235 g/mol. The Morgan fingerprint density at radius 3 is 2.33 bits per heavy atom. The Hall–Kier alpha value is -0.320. The van der Waals surface area contributed by atoms with Crippen LogP contribution in [0.15, 0.2) is 0 Å². The van der Waals surface area contributed by atoms with Crippen molar-refractivity contribution in [2.75, 3.05) is 39.3 Å². The maximum Gasteiger partial charge on any atom is 0.322 e. The minimum Gasteiger partial charge on any atom is -0.480 e. The fourth-order valence-electron chi connectivity index (χ4n) is 1.82. The van der Waals surface area contributed by atoms with Crippen molar-refractivity contribution >= 4 is 17.6 Å². The lowest BCUT2D eigenvalue weighted by Crippen LogP contribution is -2.48. The lowest BCUT2D eigenvalue weighted by Gasteiger charge is -2.34. The molecule has 1 saturated heterocycles. The first kappa shape index (κ1) is 12.7. The van der Waals surface area contributed by atoms with Crippen LogP contribution in [0, 0.1) is 0 Å². The number of halogens is 1. The van der Waals surface area contributed by atoms with Crippen LogP contribution in [-0.4, -0.2) is 65.5 Å². The fourth-order valence-corrected chi connectivity index (χ4v) is 2.01. The Balaban J connectivity index is 2.22. The molecular formula is C10H19ClN2O2. The average Bonchev–Trinajstić information content (AvgIpc) is 2.21. The van der Waals surface area contributed by atoms with Crippen LogP contribution in [-0.2, 0) is 4.79 Å². The van der Waals surface area contributed by atoms with Gasteiger partial charge in [-0.2, -0.15) is 0 Å². The molecule has 1 aliphatic heterocycles. The zero-order valence-corrected chi connectivity index (χ0v) is 9.91. The quantitative estimate of drug-likeness (QED) is 0.712. The van der Waals surface area contributed by atoms with Gasteiger partial charge < -0.3 is 10.0 Å². The Kier molecular flexibility index (Phi) is 5.36. The Bertz CT molecular complexity index is 206. The van der Waals surface area contributed by atoms with E-state index >= 15 is 0 Å². The summed E-state index contributed by atoms with van der Waals surface area (Å²) in [6, 6.07) is 0. The molecule has 1 heterocycles. The van der Waals surface area contributed by atoms with Crippen molar-refractivity contribution in [3.8, 4) is 0 Å². The summed E-state index contributed by atoms with van der Waals surface area (Å²) in [6.45, 7) is 7.67. The first-order chi connectivity index (χ1) is 7.13. The number of nitrogens with zero attached hydrogens (tertiary/aromatic N) is 2. The Morgan fingerprint density at radius 2 is 1.87 bits per heavy atom. The number of hydrogen-bond acceptors (Lipinski definition) is 3. The van der Waals surface area contributed by atoms with Gasteiger partial charge in [-0.15, -0.1) is 11.6 Å². The van der Waals surface area contributed by atoms with Crippen LogP contribution in [0.25, 0.3) is 0 Å². The third-order valence-corrected chi connectivity index (χ3v) is 3.02. The zero-order chi connectivity index (χ0) is 11.3. The molecule has 0 spiro atoms. The van der Waals surface area contributed by atoms with Gasteiger partial charge in [0.25, 0.3) is 0 Å². The van der Waals surface area contributed by atoms with Crippen molar-refractivity contribution in [2.45, 2.75) is 18.7 Å². The van der Waals surface area contributed by atoms with Crippen molar-refractivity contribution in [2.24, 2.45) is 0 Å². The molecule has 1 unspecified atom stereocenters. The third-order valence-electron chi connectivity index (χ3n) is 2.69. The van der Waals surface area contributed by atoms with Gasteiger partial charge in [-0.1, -0.05) is 6.92 Å². The van der Waals surface area contributed by atoms with Gasteiger partial charge in [0.2, 0.25) is 0 Å². The van der Waals surface area contributed by atoms with Crippen molar-refractivity contribution in [1.82, 2.24) is 9.80 Å². The van der Waals surface area contributed by atoms with Crippen LogP contribution in [0.4, 0.5) is 0 Å². The molecule has 5 heteroatoms. The van der Waals surface area contributed by atoms with Gasteiger partial charge in [0.1, 0.15) is 5.38 Å². The summed E-state index contributed by atoms with van der Waals surface area (Å²) in [7, 11) is 0. The number of carboxylic acids is 1. The summed E-state index contributed by atoms with van der Waals surface area (Å²) < 4.78 is 0. The van der Waals surface area contributed by atoms with Crippen LogP contribution in [0.2, 0.25) is 0 Å². The minimum absolute atomic E-state index is 0.455. The van der Waals surface area contributed by atoms with Crippen molar-refractivity contribution in [3.63, 3.8) is 0 Å². The molecule has 0 amide bonds. The number of carboxylic acid groups (broad SMARTS) is 1. The molecule has 0 radical (unpaired) electrons. The van der Waals surface area contributed by atoms with E-state index < -0.39 is 11.3 Å². The first-order valence-corrected chi connectivity index (χ1v) is 5.88. The number of aliphatic carboxylic acids is 1. The smallest absolute Gasteiger partial charge is 0.322 e. The maximum atomic E-state index is 10.6. The standard InChI is InChI=1S/C10H19ClN2O2/c1-2-3-12-4-6-13(7-5-12)8-9(11)10(14)15/h9H,2-8H2,1H3,(H,14,15). The van der Waals surface area contributed by atoms with E-state index in [-0.39, 0.29) is 0 Å². The summed E-state index contributed by atoms with van der Waals surface area (Å²) in [5, 5.41) is 7.90. The second-order valence-corrected chi connectivity index (χ2v) is 4.47. The van der Waals surface area contributed by atoms with E-state index in [0.717, 1.165) is 32.7 Å². The molecule has 0 bridgehead atoms. The highest BCUT2D eigenvalue weighted by molar-refractivity contribution is 6.29. The molecule has 0 aliphatic carbocycles. The van der Waals surface area contributed by atoms with Crippen LogP contribution >= 0.6 is 11.6 Å². The first-order valence-electron chi connectivity index (χ1n) is 5.45. The number of hydrogen-bond donors (Lipinski definition) is 1. The predicted molar refractivity (Wildman–Crippen MR) is 60.4 cm³/mol. The molecule has 1 atom stereocenters. The normalized spacial score (nSPS) is 21.5. The van der Waals surface area contributed by atoms with Crippen molar-refractivity contribution in [1.29, 1.82) is 0 Å². The molecule has 1 rings (SSSR count). The van der Waals surface area contributed by atoms with E-state index in [1.807, 2.05) is 0 Å². The molecule has 4 nitrogen and oxygen atoms in total. The van der Waals surface area contributed by atoms with Crippen LogP contribution in [0.1, 0.15) is 13.3 Å². The number of rotatable bonds is 5. The molecule has 1 aliphatic rings. The van der Waals surface area contributed by atoms with Gasteiger partial charge in [-0.3, -0.25) is 9.69 Å². The Labute approximate surface area is 95.8 Å². The summed E-state index contributed by atoms with van der Waals surface area (Å²) in [5.41, 5.74) is 0. The maximum absolute atomic E-state index is 10.6. The SMILES string of the molecule is CCCN1CCN(CC(Cl)C(=O)O)CC1. The highest BCUT2D eigenvalue weighted by Gasteiger charge is 2.21. The van der Waals surface area contributed by atoms with Gasteiger partial charge >= 0.3 is 5.97 Å². The lowest BCUT2D eigenvalue weighted by atomic mass is 10.2. The van der Waals surface area contributed by atoms with E-state index in [4.69, 9.17) is 16.7 Å². The van der Waals surface area contributed by atoms with E-state index in [2.05, 4.69) is 16.7 Å². The molecule has 0 aromatic heterocycles. The highest BCUT2D eigenvalue weighted by Crippen LogP contribution is 2.06. The summed E-state index contributed by atoms with van der Waals surface area (Å²) in [6.07, 6.45) is 1.17. The molecule has 0 aromatic rings. The summed E-state index contributed by atoms with van der Waals surface area (Å²) in [5.74, 6) is -0.923. The number of alkyl halides is 1. The largest absolute Gasteiger partial charge is 0.480 e. The molecular weight excluding hydrogens is 216 g/mol. The van der Waals surface area contributed by atoms with Crippen molar-refractivity contribution in [3.05, 3.63) is 0 Å². The van der Waals surface area contributed by atoms with E-state index in [0.29, 0.717) is 6.54 Å². The zero-order valence-electron chi connectivity index (χ0n) is 9.15. The van der Waals surface area contributed by atoms with Crippen LogP contribution in [0.5, 0.6) is 0 Å². The second kappa shape index (κ2) is 6.30. The van der Waals surface area contributed by atoms with E-state index in [1.165, 1.54) is 6.42 Å². The molecule has 0 saturated carbocycles. The topological polar surface area (TPSA) is 43.8 Å². The lowest BCUT2D eigenvalue weighted by molar-refractivity contribution is -0.137. The van der Waals surface area contributed by atoms with E-state index in [1.54, 1.807) is 0 Å². The van der Waals surface area contributed by atoms with Gasteiger partial charge in [0.05, 0.1) is 0 Å².